The number of carbonyl (C=O) groups is 1. The molecule has 88 valence electrons. The molecule has 0 bridgehead atoms. The van der Waals surface area contributed by atoms with Gasteiger partial charge in [0, 0.05) is 21.5 Å². The maximum absolute atomic E-state index is 11.8. The van der Waals surface area contributed by atoms with Crippen molar-refractivity contribution < 1.29 is 4.79 Å². The SMILES string of the molecule is Cc1csc(CNC(=O)c2cccc(S)c2)n1. The van der Waals surface area contributed by atoms with Crippen molar-refractivity contribution in [3.63, 3.8) is 0 Å². The molecular weight excluding hydrogens is 252 g/mol. The van der Waals surface area contributed by atoms with E-state index < -0.39 is 0 Å². The molecule has 0 spiro atoms. The van der Waals surface area contributed by atoms with Gasteiger partial charge in [0.1, 0.15) is 5.01 Å². The second-order valence-corrected chi connectivity index (χ2v) is 5.07. The molecule has 0 radical (unpaired) electrons. The Morgan fingerprint density at radius 2 is 2.35 bits per heavy atom. The lowest BCUT2D eigenvalue weighted by Gasteiger charge is -2.03. The second kappa shape index (κ2) is 5.33. The number of rotatable bonds is 3. The minimum atomic E-state index is -0.103. The summed E-state index contributed by atoms with van der Waals surface area (Å²) >= 11 is 5.75. The fourth-order valence-electron chi connectivity index (χ4n) is 1.39. The van der Waals surface area contributed by atoms with E-state index in [1.807, 2.05) is 24.4 Å². The first-order valence-electron chi connectivity index (χ1n) is 5.13. The van der Waals surface area contributed by atoms with Gasteiger partial charge in [-0.15, -0.1) is 24.0 Å². The molecule has 17 heavy (non-hydrogen) atoms. The van der Waals surface area contributed by atoms with Crippen LogP contribution < -0.4 is 5.32 Å². The van der Waals surface area contributed by atoms with Crippen LogP contribution in [0.1, 0.15) is 21.1 Å². The van der Waals surface area contributed by atoms with Gasteiger partial charge in [0.25, 0.3) is 5.91 Å². The Morgan fingerprint density at radius 3 is 3.00 bits per heavy atom. The molecule has 1 aromatic carbocycles. The highest BCUT2D eigenvalue weighted by atomic mass is 32.1. The molecule has 0 saturated heterocycles. The van der Waals surface area contributed by atoms with Crippen LogP contribution in [0.2, 0.25) is 0 Å². The smallest absolute Gasteiger partial charge is 0.251 e. The van der Waals surface area contributed by atoms with Gasteiger partial charge in [-0.2, -0.15) is 0 Å². The quantitative estimate of drug-likeness (QED) is 0.837. The largest absolute Gasteiger partial charge is 0.346 e. The second-order valence-electron chi connectivity index (χ2n) is 3.62. The van der Waals surface area contributed by atoms with Gasteiger partial charge in [0.2, 0.25) is 0 Å². The van der Waals surface area contributed by atoms with Crippen LogP contribution >= 0.6 is 24.0 Å². The summed E-state index contributed by atoms with van der Waals surface area (Å²) in [4.78, 5) is 16.9. The van der Waals surface area contributed by atoms with Crippen molar-refractivity contribution in [3.8, 4) is 0 Å². The number of amides is 1. The molecule has 5 heteroatoms. The predicted octanol–water partition coefficient (Wildman–Crippen LogP) is 2.67. The highest BCUT2D eigenvalue weighted by Gasteiger charge is 2.06. The molecule has 1 aromatic heterocycles. The number of nitrogens with one attached hydrogen (secondary N) is 1. The first-order valence-corrected chi connectivity index (χ1v) is 6.46. The standard InChI is InChI=1S/C12H12N2OS2/c1-8-7-17-11(14-8)6-13-12(15)9-3-2-4-10(16)5-9/h2-5,7,16H,6H2,1H3,(H,13,15). The fourth-order valence-corrected chi connectivity index (χ4v) is 2.33. The summed E-state index contributed by atoms with van der Waals surface area (Å²) in [6.45, 7) is 2.40. The fraction of sp³-hybridized carbons (Fsp3) is 0.167. The van der Waals surface area contributed by atoms with Gasteiger partial charge in [0.05, 0.1) is 6.54 Å². The van der Waals surface area contributed by atoms with E-state index in [1.54, 1.807) is 23.5 Å². The normalized spacial score (nSPS) is 10.2. The van der Waals surface area contributed by atoms with Crippen LogP contribution in [0.4, 0.5) is 0 Å². The number of aryl methyl sites for hydroxylation is 1. The van der Waals surface area contributed by atoms with E-state index in [0.29, 0.717) is 12.1 Å². The minimum Gasteiger partial charge on any atom is -0.346 e. The number of hydrogen-bond acceptors (Lipinski definition) is 4. The van der Waals surface area contributed by atoms with E-state index >= 15 is 0 Å². The Kier molecular flexibility index (Phi) is 3.81. The molecule has 0 fully saturated rings. The van der Waals surface area contributed by atoms with E-state index in [-0.39, 0.29) is 5.91 Å². The van der Waals surface area contributed by atoms with Crippen LogP contribution in [0, 0.1) is 6.92 Å². The van der Waals surface area contributed by atoms with Crippen LogP contribution in [0.3, 0.4) is 0 Å². The van der Waals surface area contributed by atoms with Crippen molar-refractivity contribution in [2.45, 2.75) is 18.4 Å². The summed E-state index contributed by atoms with van der Waals surface area (Å²) in [5.74, 6) is -0.103. The third-order valence-electron chi connectivity index (χ3n) is 2.18. The molecule has 1 N–H and O–H groups in total. The minimum absolute atomic E-state index is 0.103. The van der Waals surface area contributed by atoms with Gasteiger partial charge < -0.3 is 5.32 Å². The van der Waals surface area contributed by atoms with Gasteiger partial charge in [-0.1, -0.05) is 6.07 Å². The highest BCUT2D eigenvalue weighted by Crippen LogP contribution is 2.10. The van der Waals surface area contributed by atoms with Crippen molar-refractivity contribution in [1.82, 2.24) is 10.3 Å². The maximum atomic E-state index is 11.8. The molecule has 0 unspecified atom stereocenters. The van der Waals surface area contributed by atoms with Crippen molar-refractivity contribution in [3.05, 3.63) is 45.9 Å². The zero-order chi connectivity index (χ0) is 12.3. The number of carbonyl (C=O) groups excluding carboxylic acids is 1. The summed E-state index contributed by atoms with van der Waals surface area (Å²) in [6.07, 6.45) is 0. The maximum Gasteiger partial charge on any atom is 0.251 e. The van der Waals surface area contributed by atoms with E-state index in [1.165, 1.54) is 0 Å². The van der Waals surface area contributed by atoms with Crippen molar-refractivity contribution in [1.29, 1.82) is 0 Å². The summed E-state index contributed by atoms with van der Waals surface area (Å²) in [6, 6.07) is 7.16. The summed E-state index contributed by atoms with van der Waals surface area (Å²) < 4.78 is 0. The molecular formula is C12H12N2OS2. The van der Waals surface area contributed by atoms with E-state index in [4.69, 9.17) is 0 Å². The van der Waals surface area contributed by atoms with E-state index in [9.17, 15) is 4.79 Å². The van der Waals surface area contributed by atoms with Crippen molar-refractivity contribution in [2.75, 3.05) is 0 Å². The molecule has 0 saturated carbocycles. The molecule has 2 rings (SSSR count). The Labute approximate surface area is 109 Å². The van der Waals surface area contributed by atoms with Gasteiger partial charge in [-0.05, 0) is 25.1 Å². The van der Waals surface area contributed by atoms with Crippen LogP contribution in [0.15, 0.2) is 34.5 Å². The Morgan fingerprint density at radius 1 is 1.53 bits per heavy atom. The lowest BCUT2D eigenvalue weighted by molar-refractivity contribution is 0.0950. The van der Waals surface area contributed by atoms with Crippen LogP contribution in [0.5, 0.6) is 0 Å². The number of thiazole rings is 1. The zero-order valence-corrected chi connectivity index (χ0v) is 11.0. The molecule has 0 atom stereocenters. The summed E-state index contributed by atoms with van der Waals surface area (Å²) in [5, 5.41) is 5.71. The lowest BCUT2D eigenvalue weighted by atomic mass is 10.2. The van der Waals surface area contributed by atoms with Gasteiger partial charge in [-0.3, -0.25) is 4.79 Å². The number of aromatic nitrogens is 1. The van der Waals surface area contributed by atoms with Crippen LogP contribution in [0.25, 0.3) is 0 Å². The van der Waals surface area contributed by atoms with Crippen LogP contribution in [-0.4, -0.2) is 10.9 Å². The van der Waals surface area contributed by atoms with Gasteiger partial charge in [-0.25, -0.2) is 4.98 Å². The lowest BCUT2D eigenvalue weighted by Crippen LogP contribution is -2.22. The Balaban J connectivity index is 1.98. The zero-order valence-electron chi connectivity index (χ0n) is 9.30. The van der Waals surface area contributed by atoms with Gasteiger partial charge in [0.15, 0.2) is 0 Å². The molecule has 3 nitrogen and oxygen atoms in total. The Bertz CT molecular complexity index is 537. The molecule has 0 aliphatic heterocycles. The molecule has 1 amide bonds. The number of hydrogen-bond donors (Lipinski definition) is 2. The molecule has 0 aliphatic carbocycles. The van der Waals surface area contributed by atoms with E-state index in [2.05, 4.69) is 22.9 Å². The molecule has 0 aliphatic rings. The summed E-state index contributed by atoms with van der Waals surface area (Å²) in [7, 11) is 0. The van der Waals surface area contributed by atoms with Gasteiger partial charge >= 0.3 is 0 Å². The average molecular weight is 264 g/mol. The highest BCUT2D eigenvalue weighted by molar-refractivity contribution is 7.80. The van der Waals surface area contributed by atoms with E-state index in [0.717, 1.165) is 15.6 Å². The van der Waals surface area contributed by atoms with Crippen molar-refractivity contribution in [2.24, 2.45) is 0 Å². The van der Waals surface area contributed by atoms with Crippen LogP contribution in [-0.2, 0) is 6.54 Å². The predicted molar refractivity (Wildman–Crippen MR) is 71.7 cm³/mol. The third-order valence-corrected chi connectivity index (χ3v) is 3.42. The first-order chi connectivity index (χ1) is 8.15. The van der Waals surface area contributed by atoms with Crippen molar-refractivity contribution >= 4 is 29.9 Å². The number of nitrogens with zero attached hydrogens (tertiary/aromatic N) is 1. The average Bonchev–Trinajstić information content (AvgIpc) is 2.72. The topological polar surface area (TPSA) is 42.0 Å². The third kappa shape index (κ3) is 3.31. The Hall–Kier alpha value is -1.33. The monoisotopic (exact) mass is 264 g/mol. The number of thiol groups is 1. The number of benzene rings is 1. The molecule has 2 aromatic rings. The first kappa shape index (κ1) is 12.1. The molecule has 1 heterocycles. The summed E-state index contributed by atoms with van der Waals surface area (Å²) in [5.41, 5.74) is 1.60.